The fraction of sp³-hybridized carbons (Fsp3) is 0.280. The monoisotopic (exact) mass is 433 g/mol. The smallest absolute Gasteiger partial charge is 0.254 e. The molecule has 4 rings (SSSR count). The van der Waals surface area contributed by atoms with Gasteiger partial charge in [0.2, 0.25) is 0 Å². The Balaban J connectivity index is 1.42. The summed E-state index contributed by atoms with van der Waals surface area (Å²) in [5, 5.41) is 0. The predicted octanol–water partition coefficient (Wildman–Crippen LogP) is 3.64. The van der Waals surface area contributed by atoms with Gasteiger partial charge in [0.15, 0.2) is 11.5 Å². The van der Waals surface area contributed by atoms with Crippen molar-refractivity contribution in [3.05, 3.63) is 78.0 Å². The molecule has 7 heteroatoms. The molecule has 1 saturated heterocycles. The molecule has 0 bridgehead atoms. The lowest BCUT2D eigenvalue weighted by Crippen LogP contribution is -2.49. The molecular formula is C25H27N3O4. The van der Waals surface area contributed by atoms with Crippen LogP contribution >= 0.6 is 0 Å². The molecule has 0 saturated carbocycles. The quantitative estimate of drug-likeness (QED) is 0.567. The lowest BCUT2D eigenvalue weighted by molar-refractivity contribution is 0.0746. The Hall–Kier alpha value is -3.74. The van der Waals surface area contributed by atoms with E-state index >= 15 is 0 Å². The normalized spacial score (nSPS) is 13.6. The number of methoxy groups -OCH3 is 2. The third-order valence-corrected chi connectivity index (χ3v) is 5.48. The number of benzene rings is 2. The minimum atomic E-state index is -0.0143. The molecule has 166 valence electrons. The lowest BCUT2D eigenvalue weighted by atomic mass is 10.1. The summed E-state index contributed by atoms with van der Waals surface area (Å²) in [6.07, 6.45) is 1.79. The van der Waals surface area contributed by atoms with E-state index in [0.717, 1.165) is 30.2 Å². The fourth-order valence-corrected chi connectivity index (χ4v) is 3.71. The molecule has 2 aromatic carbocycles. The summed E-state index contributed by atoms with van der Waals surface area (Å²) in [5.74, 6) is 2.82. The van der Waals surface area contributed by atoms with E-state index < -0.39 is 0 Å². The van der Waals surface area contributed by atoms with Crippen LogP contribution in [0.4, 0.5) is 5.82 Å². The van der Waals surface area contributed by atoms with Crippen molar-refractivity contribution in [2.75, 3.05) is 45.3 Å². The van der Waals surface area contributed by atoms with Gasteiger partial charge >= 0.3 is 0 Å². The zero-order chi connectivity index (χ0) is 22.3. The average molecular weight is 434 g/mol. The van der Waals surface area contributed by atoms with Crippen molar-refractivity contribution in [1.82, 2.24) is 9.88 Å². The van der Waals surface area contributed by atoms with Gasteiger partial charge in [0.05, 0.1) is 14.2 Å². The lowest BCUT2D eigenvalue weighted by Gasteiger charge is -2.35. The maximum Gasteiger partial charge on any atom is 0.254 e. The van der Waals surface area contributed by atoms with Crippen LogP contribution in [-0.2, 0) is 6.61 Å². The van der Waals surface area contributed by atoms with E-state index in [9.17, 15) is 4.79 Å². The number of carbonyl (C=O) groups excluding carboxylic acids is 1. The Morgan fingerprint density at radius 1 is 0.906 bits per heavy atom. The van der Waals surface area contributed by atoms with Crippen LogP contribution in [0.2, 0.25) is 0 Å². The molecule has 0 radical (unpaired) electrons. The summed E-state index contributed by atoms with van der Waals surface area (Å²) in [6.45, 7) is 3.12. The van der Waals surface area contributed by atoms with Crippen LogP contribution in [0, 0.1) is 0 Å². The van der Waals surface area contributed by atoms with Crippen molar-refractivity contribution in [2.45, 2.75) is 6.61 Å². The predicted molar refractivity (Wildman–Crippen MR) is 123 cm³/mol. The third kappa shape index (κ3) is 4.94. The van der Waals surface area contributed by atoms with E-state index in [1.807, 2.05) is 47.4 Å². The van der Waals surface area contributed by atoms with Gasteiger partial charge in [-0.1, -0.05) is 18.2 Å². The van der Waals surface area contributed by atoms with Crippen molar-refractivity contribution >= 4 is 11.7 Å². The van der Waals surface area contributed by atoms with Gasteiger partial charge in [-0.25, -0.2) is 4.98 Å². The van der Waals surface area contributed by atoms with Gasteiger partial charge in [-0.2, -0.15) is 0 Å². The molecule has 0 N–H and O–H groups in total. The van der Waals surface area contributed by atoms with Gasteiger partial charge in [0.1, 0.15) is 18.2 Å². The van der Waals surface area contributed by atoms with E-state index in [2.05, 4.69) is 9.88 Å². The first-order valence-electron chi connectivity index (χ1n) is 10.6. The number of carbonyl (C=O) groups is 1. The van der Waals surface area contributed by atoms with Gasteiger partial charge in [-0.3, -0.25) is 4.79 Å². The summed E-state index contributed by atoms with van der Waals surface area (Å²) >= 11 is 0. The molecule has 2 heterocycles. The standard InChI is InChI=1S/C25H27N3O4/c1-30-21-7-5-6-19(16-21)18-32-23-17-20(9-10-22(23)31-2)25(29)28-14-12-27(13-15-28)24-8-3-4-11-26-24/h3-11,16-17H,12-15,18H2,1-2H3. The maximum atomic E-state index is 13.1. The molecule has 1 fully saturated rings. The van der Waals surface area contributed by atoms with E-state index in [1.165, 1.54) is 0 Å². The van der Waals surface area contributed by atoms with E-state index in [-0.39, 0.29) is 5.91 Å². The Bertz CT molecular complexity index is 1050. The molecule has 1 amide bonds. The molecule has 0 unspecified atom stereocenters. The van der Waals surface area contributed by atoms with Crippen LogP contribution in [0.15, 0.2) is 66.9 Å². The summed E-state index contributed by atoms with van der Waals surface area (Å²) in [7, 11) is 3.22. The van der Waals surface area contributed by atoms with Crippen molar-refractivity contribution in [1.29, 1.82) is 0 Å². The summed E-state index contributed by atoms with van der Waals surface area (Å²) < 4.78 is 16.7. The van der Waals surface area contributed by atoms with Crippen LogP contribution < -0.4 is 19.1 Å². The second kappa shape index (κ2) is 10.0. The fourth-order valence-electron chi connectivity index (χ4n) is 3.71. The van der Waals surface area contributed by atoms with Gasteiger partial charge in [-0.05, 0) is 48.0 Å². The van der Waals surface area contributed by atoms with Gasteiger partial charge in [-0.15, -0.1) is 0 Å². The Morgan fingerprint density at radius 3 is 2.47 bits per heavy atom. The highest BCUT2D eigenvalue weighted by Gasteiger charge is 2.23. The topological polar surface area (TPSA) is 64.1 Å². The highest BCUT2D eigenvalue weighted by molar-refractivity contribution is 5.95. The molecule has 0 atom stereocenters. The number of hydrogen-bond acceptors (Lipinski definition) is 6. The Morgan fingerprint density at radius 2 is 1.75 bits per heavy atom. The van der Waals surface area contributed by atoms with Crippen LogP contribution in [0.3, 0.4) is 0 Å². The van der Waals surface area contributed by atoms with Gasteiger partial charge in [0.25, 0.3) is 5.91 Å². The second-order valence-electron chi connectivity index (χ2n) is 7.47. The van der Waals surface area contributed by atoms with Crippen LogP contribution in [0.1, 0.15) is 15.9 Å². The Kier molecular flexibility index (Phi) is 6.75. The molecule has 1 aliphatic heterocycles. The van der Waals surface area contributed by atoms with Crippen LogP contribution in [0.5, 0.6) is 17.2 Å². The minimum absolute atomic E-state index is 0.0143. The molecule has 1 aromatic heterocycles. The van der Waals surface area contributed by atoms with Crippen molar-refractivity contribution in [2.24, 2.45) is 0 Å². The molecule has 1 aliphatic rings. The van der Waals surface area contributed by atoms with E-state index in [0.29, 0.717) is 36.8 Å². The largest absolute Gasteiger partial charge is 0.497 e. The highest BCUT2D eigenvalue weighted by Crippen LogP contribution is 2.30. The summed E-state index contributed by atoms with van der Waals surface area (Å²) in [6, 6.07) is 18.9. The first-order chi connectivity index (χ1) is 15.7. The highest BCUT2D eigenvalue weighted by atomic mass is 16.5. The number of ether oxygens (including phenoxy) is 3. The Labute approximate surface area is 188 Å². The number of amides is 1. The van der Waals surface area contributed by atoms with E-state index in [4.69, 9.17) is 14.2 Å². The van der Waals surface area contributed by atoms with E-state index in [1.54, 1.807) is 38.6 Å². The van der Waals surface area contributed by atoms with Crippen LogP contribution in [0.25, 0.3) is 0 Å². The number of anilines is 1. The molecule has 3 aromatic rings. The van der Waals surface area contributed by atoms with Crippen LogP contribution in [-0.4, -0.2) is 56.2 Å². The zero-order valence-electron chi connectivity index (χ0n) is 18.4. The number of aromatic nitrogens is 1. The number of piperazine rings is 1. The SMILES string of the molecule is COc1cccc(COc2cc(C(=O)N3CCN(c4ccccn4)CC3)ccc2OC)c1. The average Bonchev–Trinajstić information content (AvgIpc) is 2.87. The maximum absolute atomic E-state index is 13.1. The summed E-state index contributed by atoms with van der Waals surface area (Å²) in [4.78, 5) is 21.6. The first-order valence-corrected chi connectivity index (χ1v) is 10.6. The van der Waals surface area contributed by atoms with Crippen molar-refractivity contribution < 1.29 is 19.0 Å². The zero-order valence-corrected chi connectivity index (χ0v) is 18.4. The molecule has 32 heavy (non-hydrogen) atoms. The molecule has 0 aliphatic carbocycles. The molecular weight excluding hydrogens is 406 g/mol. The number of rotatable bonds is 7. The number of nitrogens with zero attached hydrogens (tertiary/aromatic N) is 3. The second-order valence-corrected chi connectivity index (χ2v) is 7.47. The molecule has 7 nitrogen and oxygen atoms in total. The third-order valence-electron chi connectivity index (χ3n) is 5.48. The summed E-state index contributed by atoms with van der Waals surface area (Å²) in [5.41, 5.74) is 1.55. The molecule has 0 spiro atoms. The van der Waals surface area contributed by atoms with Crippen molar-refractivity contribution in [3.63, 3.8) is 0 Å². The van der Waals surface area contributed by atoms with Gasteiger partial charge < -0.3 is 24.0 Å². The minimum Gasteiger partial charge on any atom is -0.497 e. The first kappa shape index (κ1) is 21.5. The number of hydrogen-bond donors (Lipinski definition) is 0. The van der Waals surface area contributed by atoms with Gasteiger partial charge in [0, 0.05) is 37.9 Å². The van der Waals surface area contributed by atoms with Crippen molar-refractivity contribution in [3.8, 4) is 17.2 Å². The number of pyridine rings is 1.